The van der Waals surface area contributed by atoms with E-state index < -0.39 is 0 Å². The minimum atomic E-state index is 0.113. The Bertz CT molecular complexity index is 597. The van der Waals surface area contributed by atoms with E-state index in [4.69, 9.17) is 11.6 Å². The second-order valence-corrected chi connectivity index (χ2v) is 5.87. The fourth-order valence-corrected chi connectivity index (χ4v) is 2.16. The molecule has 98 valence electrons. The smallest absolute Gasteiger partial charge is 0.153 e. The highest BCUT2D eigenvalue weighted by atomic mass is 35.5. The fraction of sp³-hybridized carbons (Fsp3) is 0.250. The lowest BCUT2D eigenvalue weighted by atomic mass is 9.86. The maximum atomic E-state index is 11.1. The van der Waals surface area contributed by atoms with Crippen molar-refractivity contribution in [3.8, 4) is 11.1 Å². The summed E-state index contributed by atoms with van der Waals surface area (Å²) in [6, 6.07) is 10.00. The van der Waals surface area contributed by atoms with Gasteiger partial charge in [0.2, 0.25) is 0 Å². The summed E-state index contributed by atoms with van der Waals surface area (Å²) in [6.07, 6.45) is 2.37. The van der Waals surface area contributed by atoms with Crippen LogP contribution in [-0.2, 0) is 5.41 Å². The minimum Gasteiger partial charge on any atom is -0.298 e. The number of carbonyl (C=O) groups is 1. The molecule has 0 spiro atoms. The molecule has 0 saturated heterocycles. The summed E-state index contributed by atoms with van der Waals surface area (Å²) in [5, 5.41) is 0.243. The minimum absolute atomic E-state index is 0.113. The summed E-state index contributed by atoms with van der Waals surface area (Å²) in [5.41, 5.74) is 3.59. The van der Waals surface area contributed by atoms with Gasteiger partial charge in [-0.2, -0.15) is 0 Å². The Hall–Kier alpha value is -1.67. The van der Waals surface area contributed by atoms with Crippen LogP contribution in [0.4, 0.5) is 0 Å². The number of halogens is 1. The van der Waals surface area contributed by atoms with Gasteiger partial charge in [0.15, 0.2) is 6.29 Å². The van der Waals surface area contributed by atoms with Crippen molar-refractivity contribution in [2.45, 2.75) is 26.2 Å². The zero-order valence-corrected chi connectivity index (χ0v) is 12.0. The van der Waals surface area contributed by atoms with E-state index in [2.05, 4.69) is 37.9 Å². The molecular weight excluding hydrogens is 258 g/mol. The van der Waals surface area contributed by atoms with Crippen molar-refractivity contribution < 1.29 is 4.79 Å². The predicted molar refractivity (Wildman–Crippen MR) is 78.8 cm³/mol. The van der Waals surface area contributed by atoms with Crippen LogP contribution in [-0.4, -0.2) is 11.3 Å². The van der Waals surface area contributed by atoms with E-state index in [0.717, 1.165) is 17.4 Å². The highest BCUT2D eigenvalue weighted by molar-refractivity contribution is 6.32. The Morgan fingerprint density at radius 1 is 1.11 bits per heavy atom. The van der Waals surface area contributed by atoms with Gasteiger partial charge in [0.05, 0.1) is 5.56 Å². The molecule has 0 aliphatic rings. The maximum Gasteiger partial charge on any atom is 0.153 e. The predicted octanol–water partition coefficient (Wildman–Crippen LogP) is 4.51. The van der Waals surface area contributed by atoms with E-state index in [-0.39, 0.29) is 10.6 Å². The van der Waals surface area contributed by atoms with Gasteiger partial charge in [-0.3, -0.25) is 4.79 Å². The van der Waals surface area contributed by atoms with E-state index in [1.54, 1.807) is 6.20 Å². The lowest BCUT2D eigenvalue weighted by molar-refractivity contribution is 0.112. The third-order valence-electron chi connectivity index (χ3n) is 3.12. The molecule has 0 aliphatic carbocycles. The number of hydrogen-bond acceptors (Lipinski definition) is 2. The average molecular weight is 274 g/mol. The van der Waals surface area contributed by atoms with Gasteiger partial charge in [-0.15, -0.1) is 0 Å². The molecule has 1 aromatic heterocycles. The van der Waals surface area contributed by atoms with Crippen molar-refractivity contribution in [2.24, 2.45) is 0 Å². The number of aldehydes is 1. The van der Waals surface area contributed by atoms with E-state index in [1.165, 1.54) is 5.56 Å². The Morgan fingerprint density at radius 2 is 1.74 bits per heavy atom. The van der Waals surface area contributed by atoms with Crippen LogP contribution in [0.3, 0.4) is 0 Å². The average Bonchev–Trinajstić information content (AvgIpc) is 2.37. The SMILES string of the molecule is CC(C)(C)c1ccc(-c2ccnc(Cl)c2C=O)cc1. The first-order chi connectivity index (χ1) is 8.93. The fourth-order valence-electron chi connectivity index (χ4n) is 1.96. The Kier molecular flexibility index (Phi) is 3.72. The third kappa shape index (κ3) is 2.85. The largest absolute Gasteiger partial charge is 0.298 e. The highest BCUT2D eigenvalue weighted by Crippen LogP contribution is 2.29. The van der Waals surface area contributed by atoms with Crippen molar-refractivity contribution in [3.05, 3.63) is 52.8 Å². The number of hydrogen-bond donors (Lipinski definition) is 0. The first-order valence-electron chi connectivity index (χ1n) is 6.14. The van der Waals surface area contributed by atoms with Crippen molar-refractivity contribution in [1.29, 1.82) is 0 Å². The summed E-state index contributed by atoms with van der Waals surface area (Å²) < 4.78 is 0. The number of benzene rings is 1. The maximum absolute atomic E-state index is 11.1. The number of rotatable bonds is 2. The van der Waals surface area contributed by atoms with Crippen molar-refractivity contribution in [1.82, 2.24) is 4.98 Å². The zero-order valence-electron chi connectivity index (χ0n) is 11.3. The summed E-state index contributed by atoms with van der Waals surface area (Å²) in [5.74, 6) is 0. The molecule has 1 heterocycles. The van der Waals surface area contributed by atoms with Crippen LogP contribution >= 0.6 is 11.6 Å². The molecule has 0 aliphatic heterocycles. The Balaban J connectivity index is 2.49. The first kappa shape index (κ1) is 13.8. The van der Waals surface area contributed by atoms with E-state index in [0.29, 0.717) is 5.56 Å². The number of nitrogens with zero attached hydrogens (tertiary/aromatic N) is 1. The summed E-state index contributed by atoms with van der Waals surface area (Å²) in [7, 11) is 0. The molecule has 0 fully saturated rings. The van der Waals surface area contributed by atoms with Crippen LogP contribution in [0.2, 0.25) is 5.15 Å². The normalized spacial score (nSPS) is 11.4. The molecule has 2 nitrogen and oxygen atoms in total. The van der Waals surface area contributed by atoms with Crippen LogP contribution in [0.1, 0.15) is 36.7 Å². The summed E-state index contributed by atoms with van der Waals surface area (Å²) >= 11 is 5.94. The van der Waals surface area contributed by atoms with Gasteiger partial charge in [-0.1, -0.05) is 56.6 Å². The molecule has 0 radical (unpaired) electrons. The van der Waals surface area contributed by atoms with Gasteiger partial charge in [-0.25, -0.2) is 4.98 Å². The molecule has 0 amide bonds. The second-order valence-electron chi connectivity index (χ2n) is 5.51. The molecule has 0 saturated carbocycles. The Morgan fingerprint density at radius 3 is 2.26 bits per heavy atom. The number of aromatic nitrogens is 1. The first-order valence-corrected chi connectivity index (χ1v) is 6.52. The molecule has 19 heavy (non-hydrogen) atoms. The highest BCUT2D eigenvalue weighted by Gasteiger charge is 2.14. The van der Waals surface area contributed by atoms with E-state index in [1.807, 2.05) is 18.2 Å². The van der Waals surface area contributed by atoms with Gasteiger partial charge in [0.1, 0.15) is 5.15 Å². The third-order valence-corrected chi connectivity index (χ3v) is 3.42. The second kappa shape index (κ2) is 5.14. The zero-order chi connectivity index (χ0) is 14.0. The van der Waals surface area contributed by atoms with Gasteiger partial charge in [0.25, 0.3) is 0 Å². The van der Waals surface area contributed by atoms with Crippen LogP contribution in [0.25, 0.3) is 11.1 Å². The summed E-state index contributed by atoms with van der Waals surface area (Å²) in [4.78, 5) is 15.1. The molecule has 0 bridgehead atoms. The number of carbonyl (C=O) groups excluding carboxylic acids is 1. The van der Waals surface area contributed by atoms with Crippen molar-refractivity contribution in [2.75, 3.05) is 0 Å². The Labute approximate surface area is 118 Å². The molecule has 0 atom stereocenters. The lowest BCUT2D eigenvalue weighted by Crippen LogP contribution is -2.10. The molecule has 2 aromatic rings. The van der Waals surface area contributed by atoms with Crippen LogP contribution in [0, 0.1) is 0 Å². The lowest BCUT2D eigenvalue weighted by Gasteiger charge is -2.19. The van der Waals surface area contributed by atoms with Gasteiger partial charge in [0, 0.05) is 6.20 Å². The molecule has 2 rings (SSSR count). The van der Waals surface area contributed by atoms with E-state index in [9.17, 15) is 4.79 Å². The van der Waals surface area contributed by atoms with Crippen LogP contribution in [0.5, 0.6) is 0 Å². The molecule has 3 heteroatoms. The van der Waals surface area contributed by atoms with Crippen molar-refractivity contribution >= 4 is 17.9 Å². The molecule has 0 unspecified atom stereocenters. The molecule has 0 N–H and O–H groups in total. The monoisotopic (exact) mass is 273 g/mol. The quantitative estimate of drug-likeness (QED) is 0.595. The topological polar surface area (TPSA) is 30.0 Å². The number of pyridine rings is 1. The molecule has 1 aromatic carbocycles. The van der Waals surface area contributed by atoms with Gasteiger partial charge >= 0.3 is 0 Å². The summed E-state index contributed by atoms with van der Waals surface area (Å²) in [6.45, 7) is 6.51. The van der Waals surface area contributed by atoms with Crippen LogP contribution in [0.15, 0.2) is 36.5 Å². The molecular formula is C16H16ClNO. The van der Waals surface area contributed by atoms with Crippen LogP contribution < -0.4 is 0 Å². The standard InChI is InChI=1S/C16H16ClNO/c1-16(2,3)12-6-4-11(5-7-12)13-8-9-18-15(17)14(13)10-19/h4-10H,1-3H3. The van der Waals surface area contributed by atoms with Gasteiger partial charge in [-0.05, 0) is 28.2 Å². The van der Waals surface area contributed by atoms with Gasteiger partial charge < -0.3 is 0 Å². The van der Waals surface area contributed by atoms with Crippen molar-refractivity contribution in [3.63, 3.8) is 0 Å². The van der Waals surface area contributed by atoms with E-state index >= 15 is 0 Å².